The minimum absolute atomic E-state index is 0.0878. The summed E-state index contributed by atoms with van der Waals surface area (Å²) >= 11 is 2.82. The minimum Gasteiger partial charge on any atom is -0.497 e. The predicted octanol–water partition coefficient (Wildman–Crippen LogP) is 4.57. The van der Waals surface area contributed by atoms with Crippen LogP contribution in [0.25, 0.3) is 0 Å². The summed E-state index contributed by atoms with van der Waals surface area (Å²) in [7, 11) is 1.63. The van der Waals surface area contributed by atoms with Crippen LogP contribution in [-0.4, -0.2) is 28.8 Å². The molecule has 7 heteroatoms. The van der Waals surface area contributed by atoms with Gasteiger partial charge in [0.2, 0.25) is 5.13 Å². The maximum absolute atomic E-state index is 12.2. The molecule has 0 amide bonds. The van der Waals surface area contributed by atoms with Crippen LogP contribution < -0.4 is 10.1 Å². The number of nitrogens with zero attached hydrogens (tertiary/aromatic N) is 2. The molecule has 0 unspecified atom stereocenters. The lowest BCUT2D eigenvalue weighted by molar-refractivity contribution is 0.102. The Bertz CT molecular complexity index is 846. The van der Waals surface area contributed by atoms with Crippen molar-refractivity contribution in [3.05, 3.63) is 59.7 Å². The van der Waals surface area contributed by atoms with Crippen molar-refractivity contribution < 1.29 is 9.53 Å². The predicted molar refractivity (Wildman–Crippen MR) is 102 cm³/mol. The van der Waals surface area contributed by atoms with Crippen molar-refractivity contribution in [2.45, 2.75) is 11.3 Å². The molecule has 0 aliphatic carbocycles. The van der Waals surface area contributed by atoms with E-state index in [9.17, 15) is 4.79 Å². The van der Waals surface area contributed by atoms with Crippen LogP contribution in [0.4, 0.5) is 10.8 Å². The number of aromatic nitrogens is 2. The van der Waals surface area contributed by atoms with Crippen LogP contribution >= 0.6 is 23.1 Å². The van der Waals surface area contributed by atoms with Gasteiger partial charge in [0.1, 0.15) is 5.75 Å². The fourth-order valence-corrected chi connectivity index (χ4v) is 3.73. The zero-order chi connectivity index (χ0) is 17.6. The molecule has 0 atom stereocenters. The molecule has 128 valence electrons. The van der Waals surface area contributed by atoms with E-state index in [0.717, 1.165) is 26.9 Å². The Labute approximate surface area is 154 Å². The number of thioether (sulfide) groups is 1. The summed E-state index contributed by atoms with van der Waals surface area (Å²) in [5, 5.41) is 12.1. The molecule has 0 saturated carbocycles. The van der Waals surface area contributed by atoms with Crippen molar-refractivity contribution in [1.29, 1.82) is 0 Å². The number of benzene rings is 2. The molecular weight excluding hydrogens is 354 g/mol. The number of carbonyl (C=O) groups excluding carboxylic acids is 1. The Balaban J connectivity index is 1.56. The van der Waals surface area contributed by atoms with Crippen LogP contribution in [-0.2, 0) is 0 Å². The average molecular weight is 371 g/mol. The molecule has 2 aromatic carbocycles. The Hall–Kier alpha value is -2.38. The fraction of sp³-hybridized carbons (Fsp3) is 0.167. The highest BCUT2D eigenvalue weighted by Gasteiger charge is 2.10. The summed E-state index contributed by atoms with van der Waals surface area (Å²) in [6, 6.07) is 15.2. The van der Waals surface area contributed by atoms with Gasteiger partial charge in [-0.2, -0.15) is 0 Å². The zero-order valence-corrected chi connectivity index (χ0v) is 15.5. The molecule has 1 heterocycles. The van der Waals surface area contributed by atoms with Gasteiger partial charge in [0, 0.05) is 11.3 Å². The Morgan fingerprint density at radius 3 is 2.52 bits per heavy atom. The lowest BCUT2D eigenvalue weighted by atomic mass is 10.1. The third kappa shape index (κ3) is 4.80. The lowest BCUT2D eigenvalue weighted by Crippen LogP contribution is -2.01. The molecule has 0 fully saturated rings. The number of methoxy groups -OCH3 is 1. The number of ketones is 1. The van der Waals surface area contributed by atoms with E-state index in [1.165, 1.54) is 23.1 Å². The topological polar surface area (TPSA) is 64.1 Å². The van der Waals surface area contributed by atoms with E-state index < -0.39 is 0 Å². The second-order valence-electron chi connectivity index (χ2n) is 5.30. The first-order valence-corrected chi connectivity index (χ1v) is 9.41. The van der Waals surface area contributed by atoms with Gasteiger partial charge in [0.15, 0.2) is 10.1 Å². The molecule has 0 aliphatic heterocycles. The van der Waals surface area contributed by atoms with E-state index in [2.05, 4.69) is 15.5 Å². The Kier molecular flexibility index (Phi) is 5.67. The van der Waals surface area contributed by atoms with Gasteiger partial charge in [-0.3, -0.25) is 4.79 Å². The van der Waals surface area contributed by atoms with E-state index >= 15 is 0 Å². The van der Waals surface area contributed by atoms with Gasteiger partial charge in [-0.05, 0) is 31.2 Å². The highest BCUT2D eigenvalue weighted by Crippen LogP contribution is 2.28. The molecule has 3 rings (SSSR count). The van der Waals surface area contributed by atoms with Crippen molar-refractivity contribution >= 4 is 39.7 Å². The van der Waals surface area contributed by atoms with Crippen molar-refractivity contribution in [1.82, 2.24) is 10.2 Å². The molecule has 0 aliphatic rings. The summed E-state index contributed by atoms with van der Waals surface area (Å²) in [6.45, 7) is 2.00. The zero-order valence-electron chi connectivity index (χ0n) is 13.9. The summed E-state index contributed by atoms with van der Waals surface area (Å²) in [4.78, 5) is 12.2. The SMILES string of the molecule is COc1ccc(Nc2nnc(SCC(=O)c3ccc(C)cc3)s2)cc1. The van der Waals surface area contributed by atoms with E-state index in [1.807, 2.05) is 55.5 Å². The lowest BCUT2D eigenvalue weighted by Gasteiger charge is -2.03. The van der Waals surface area contributed by atoms with Gasteiger partial charge in [-0.1, -0.05) is 52.9 Å². The normalized spacial score (nSPS) is 10.5. The molecule has 0 saturated heterocycles. The van der Waals surface area contributed by atoms with Gasteiger partial charge in [0.05, 0.1) is 12.9 Å². The molecule has 3 aromatic rings. The largest absolute Gasteiger partial charge is 0.497 e. The number of hydrogen-bond acceptors (Lipinski definition) is 7. The smallest absolute Gasteiger partial charge is 0.210 e. The van der Waals surface area contributed by atoms with Gasteiger partial charge < -0.3 is 10.1 Å². The van der Waals surface area contributed by atoms with Crippen LogP contribution in [0.5, 0.6) is 5.75 Å². The van der Waals surface area contributed by atoms with Crippen LogP contribution in [0.15, 0.2) is 52.9 Å². The summed E-state index contributed by atoms with van der Waals surface area (Å²) < 4.78 is 5.89. The van der Waals surface area contributed by atoms with Crippen LogP contribution in [0.2, 0.25) is 0 Å². The number of anilines is 2. The first-order valence-electron chi connectivity index (χ1n) is 7.61. The second kappa shape index (κ2) is 8.13. The average Bonchev–Trinajstić information content (AvgIpc) is 3.08. The molecule has 0 spiro atoms. The number of Topliss-reactive ketones (excluding diaryl/α,β-unsaturated/α-hetero) is 1. The first-order chi connectivity index (χ1) is 12.1. The molecule has 1 N–H and O–H groups in total. The molecule has 0 radical (unpaired) electrons. The van der Waals surface area contributed by atoms with Gasteiger partial charge >= 0.3 is 0 Å². The number of aryl methyl sites for hydroxylation is 1. The highest BCUT2D eigenvalue weighted by molar-refractivity contribution is 8.01. The van der Waals surface area contributed by atoms with Crippen LogP contribution in [0, 0.1) is 6.92 Å². The van der Waals surface area contributed by atoms with Crippen molar-refractivity contribution in [2.24, 2.45) is 0 Å². The highest BCUT2D eigenvalue weighted by atomic mass is 32.2. The maximum atomic E-state index is 12.2. The van der Waals surface area contributed by atoms with Gasteiger partial charge in [-0.25, -0.2) is 0 Å². The van der Waals surface area contributed by atoms with E-state index in [4.69, 9.17) is 4.74 Å². The van der Waals surface area contributed by atoms with Crippen LogP contribution in [0.3, 0.4) is 0 Å². The quantitative estimate of drug-likeness (QED) is 0.485. The third-order valence-corrected chi connectivity index (χ3v) is 5.42. The van der Waals surface area contributed by atoms with Gasteiger partial charge in [0.25, 0.3) is 0 Å². The molecule has 5 nitrogen and oxygen atoms in total. The third-order valence-electron chi connectivity index (χ3n) is 3.45. The molecule has 25 heavy (non-hydrogen) atoms. The van der Waals surface area contributed by atoms with Crippen molar-refractivity contribution in [2.75, 3.05) is 18.2 Å². The van der Waals surface area contributed by atoms with E-state index in [0.29, 0.717) is 10.9 Å². The molecule has 1 aromatic heterocycles. The number of hydrogen-bond donors (Lipinski definition) is 1. The number of carbonyl (C=O) groups is 1. The van der Waals surface area contributed by atoms with Crippen molar-refractivity contribution in [3.8, 4) is 5.75 Å². The molecule has 0 bridgehead atoms. The number of nitrogens with one attached hydrogen (secondary N) is 1. The maximum Gasteiger partial charge on any atom is 0.210 e. The number of ether oxygens (including phenoxy) is 1. The molecular formula is C18H17N3O2S2. The number of rotatable bonds is 7. The van der Waals surface area contributed by atoms with Crippen LogP contribution in [0.1, 0.15) is 15.9 Å². The Morgan fingerprint density at radius 2 is 1.84 bits per heavy atom. The fourth-order valence-electron chi connectivity index (χ4n) is 2.07. The minimum atomic E-state index is 0.0878. The Morgan fingerprint density at radius 1 is 1.12 bits per heavy atom. The summed E-state index contributed by atoms with van der Waals surface area (Å²) in [6.07, 6.45) is 0. The summed E-state index contributed by atoms with van der Waals surface area (Å²) in [5.74, 6) is 1.23. The van der Waals surface area contributed by atoms with Crippen molar-refractivity contribution in [3.63, 3.8) is 0 Å². The monoisotopic (exact) mass is 371 g/mol. The van der Waals surface area contributed by atoms with E-state index in [1.54, 1.807) is 7.11 Å². The standard InChI is InChI=1S/C18H17N3O2S2/c1-12-3-5-13(6-4-12)16(22)11-24-18-21-20-17(25-18)19-14-7-9-15(23-2)10-8-14/h3-10H,11H2,1-2H3,(H,19,20). The first kappa shape index (κ1) is 17.4. The second-order valence-corrected chi connectivity index (χ2v) is 7.50. The van der Waals surface area contributed by atoms with E-state index in [-0.39, 0.29) is 5.78 Å². The van der Waals surface area contributed by atoms with Gasteiger partial charge in [-0.15, -0.1) is 10.2 Å². The summed E-state index contributed by atoms with van der Waals surface area (Å²) in [5.41, 5.74) is 2.77.